The van der Waals surface area contributed by atoms with Crippen LogP contribution in [0.25, 0.3) is 0 Å². The van der Waals surface area contributed by atoms with E-state index >= 15 is 0 Å². The predicted molar refractivity (Wildman–Crippen MR) is 126 cm³/mol. The van der Waals surface area contributed by atoms with Crippen molar-refractivity contribution in [2.24, 2.45) is 22.2 Å². The Morgan fingerprint density at radius 2 is 1.58 bits per heavy atom. The van der Waals surface area contributed by atoms with E-state index in [1.54, 1.807) is 0 Å². The van der Waals surface area contributed by atoms with Crippen LogP contribution in [0, 0.1) is 0 Å². The maximum Gasteiger partial charge on any atom is 0.326 e. The highest BCUT2D eigenvalue weighted by Crippen LogP contribution is 2.11. The summed E-state index contributed by atoms with van der Waals surface area (Å²) in [5.74, 6) is -5.24. The van der Waals surface area contributed by atoms with Gasteiger partial charge in [0.05, 0.1) is 19.0 Å². The molecule has 0 heterocycles. The van der Waals surface area contributed by atoms with E-state index in [9.17, 15) is 34.2 Å². The van der Waals surface area contributed by atoms with Crippen molar-refractivity contribution in [1.82, 2.24) is 16.0 Å². The van der Waals surface area contributed by atoms with Gasteiger partial charge < -0.3 is 48.5 Å². The zero-order valence-electron chi connectivity index (χ0n) is 19.3. The number of rotatable bonds is 15. The summed E-state index contributed by atoms with van der Waals surface area (Å²) in [5, 5.41) is 34.4. The first-order chi connectivity index (χ1) is 16.9. The topological polar surface area (TPSA) is 273 Å². The fourth-order valence-electron chi connectivity index (χ4n) is 2.94. The summed E-state index contributed by atoms with van der Waals surface area (Å²) in [4.78, 5) is 63.1. The number of aromatic hydroxyl groups is 1. The van der Waals surface area contributed by atoms with Crippen molar-refractivity contribution < 1.29 is 39.3 Å². The molecule has 3 atom stereocenters. The molecule has 3 unspecified atom stereocenters. The first-order valence-electron chi connectivity index (χ1n) is 10.8. The fourth-order valence-corrected chi connectivity index (χ4v) is 2.94. The van der Waals surface area contributed by atoms with Crippen LogP contribution in [-0.2, 0) is 30.4 Å². The highest BCUT2D eigenvalue weighted by atomic mass is 16.4. The maximum absolute atomic E-state index is 12.6. The first-order valence-corrected chi connectivity index (χ1v) is 10.8. The van der Waals surface area contributed by atoms with Crippen LogP contribution in [0.1, 0.15) is 24.8 Å². The smallest absolute Gasteiger partial charge is 0.326 e. The predicted octanol–water partition coefficient (Wildman–Crippen LogP) is -3.04. The molecule has 0 aliphatic rings. The highest BCUT2D eigenvalue weighted by molar-refractivity contribution is 5.93. The van der Waals surface area contributed by atoms with Crippen molar-refractivity contribution in [3.8, 4) is 5.75 Å². The summed E-state index contributed by atoms with van der Waals surface area (Å²) >= 11 is 0. The Labute approximate surface area is 206 Å². The van der Waals surface area contributed by atoms with Crippen LogP contribution in [-0.4, -0.2) is 82.2 Å². The first kappa shape index (κ1) is 29.6. The molecule has 3 amide bonds. The SMILES string of the molecule is NC(N)=NCCCC(NC(=O)C(N)CC(=O)O)C(=O)NCC(=O)NC(Cc1ccc(O)cc1)C(=O)O. The van der Waals surface area contributed by atoms with Gasteiger partial charge in [0.1, 0.15) is 17.8 Å². The van der Waals surface area contributed by atoms with E-state index in [2.05, 4.69) is 20.9 Å². The van der Waals surface area contributed by atoms with Gasteiger partial charge in [0, 0.05) is 13.0 Å². The van der Waals surface area contributed by atoms with E-state index in [1.807, 2.05) is 0 Å². The normalized spacial score (nSPS) is 12.9. The van der Waals surface area contributed by atoms with Gasteiger partial charge >= 0.3 is 11.9 Å². The third kappa shape index (κ3) is 11.6. The van der Waals surface area contributed by atoms with Gasteiger partial charge in [-0.05, 0) is 30.5 Å². The number of carboxylic acid groups (broad SMARTS) is 2. The molecule has 198 valence electrons. The molecule has 0 aliphatic heterocycles. The number of carboxylic acids is 2. The third-order valence-electron chi connectivity index (χ3n) is 4.74. The van der Waals surface area contributed by atoms with Gasteiger partial charge in [0.15, 0.2) is 5.96 Å². The van der Waals surface area contributed by atoms with Crippen molar-refractivity contribution in [2.75, 3.05) is 13.1 Å². The second-order valence-electron chi connectivity index (χ2n) is 7.76. The summed E-state index contributed by atoms with van der Waals surface area (Å²) in [6.07, 6.45) is -0.437. The monoisotopic (exact) mass is 509 g/mol. The zero-order chi connectivity index (χ0) is 27.3. The number of nitrogens with zero attached hydrogens (tertiary/aromatic N) is 1. The van der Waals surface area contributed by atoms with Gasteiger partial charge in [0.25, 0.3) is 0 Å². The van der Waals surface area contributed by atoms with Crippen molar-refractivity contribution >= 4 is 35.6 Å². The molecule has 1 aromatic carbocycles. The number of hydrogen-bond donors (Lipinski definition) is 9. The molecule has 15 heteroatoms. The average molecular weight is 510 g/mol. The van der Waals surface area contributed by atoms with Crippen LogP contribution in [0.3, 0.4) is 0 Å². The molecule has 0 saturated carbocycles. The minimum atomic E-state index is -1.41. The lowest BCUT2D eigenvalue weighted by Gasteiger charge is -2.20. The summed E-state index contributed by atoms with van der Waals surface area (Å²) in [6, 6.07) is 1.86. The molecule has 36 heavy (non-hydrogen) atoms. The van der Waals surface area contributed by atoms with Crippen molar-refractivity contribution in [1.29, 1.82) is 0 Å². The van der Waals surface area contributed by atoms with Crippen molar-refractivity contribution in [2.45, 2.75) is 43.8 Å². The van der Waals surface area contributed by atoms with E-state index in [-0.39, 0.29) is 37.5 Å². The maximum atomic E-state index is 12.6. The Morgan fingerprint density at radius 3 is 2.14 bits per heavy atom. The molecule has 12 N–H and O–H groups in total. The van der Waals surface area contributed by atoms with Gasteiger partial charge in [-0.25, -0.2) is 4.79 Å². The summed E-state index contributed by atoms with van der Waals surface area (Å²) in [5.41, 5.74) is 16.6. The lowest BCUT2D eigenvalue weighted by atomic mass is 10.1. The molecule has 0 radical (unpaired) electrons. The van der Waals surface area contributed by atoms with Crippen molar-refractivity contribution in [3.63, 3.8) is 0 Å². The molecule has 0 aromatic heterocycles. The van der Waals surface area contributed by atoms with E-state index in [0.29, 0.717) is 5.56 Å². The second-order valence-corrected chi connectivity index (χ2v) is 7.76. The van der Waals surface area contributed by atoms with Crippen LogP contribution in [0.5, 0.6) is 5.75 Å². The number of phenols is 1. The number of phenolic OH excluding ortho intramolecular Hbond substituents is 1. The van der Waals surface area contributed by atoms with Gasteiger partial charge in [-0.2, -0.15) is 0 Å². The number of amides is 3. The van der Waals surface area contributed by atoms with Gasteiger partial charge in [-0.15, -0.1) is 0 Å². The van der Waals surface area contributed by atoms with Crippen LogP contribution >= 0.6 is 0 Å². The number of benzene rings is 1. The van der Waals surface area contributed by atoms with Gasteiger partial charge in [-0.1, -0.05) is 12.1 Å². The lowest BCUT2D eigenvalue weighted by molar-refractivity contribution is -0.141. The molecular weight excluding hydrogens is 478 g/mol. The van der Waals surface area contributed by atoms with E-state index in [1.165, 1.54) is 24.3 Å². The number of nitrogens with one attached hydrogen (secondary N) is 3. The molecular formula is C21H31N7O8. The van der Waals surface area contributed by atoms with Crippen LogP contribution in [0.4, 0.5) is 0 Å². The molecule has 0 fully saturated rings. The number of carbonyl (C=O) groups excluding carboxylic acids is 3. The summed E-state index contributed by atoms with van der Waals surface area (Å²) in [7, 11) is 0. The number of aliphatic carboxylic acids is 2. The van der Waals surface area contributed by atoms with Gasteiger partial charge in [0.2, 0.25) is 17.7 Å². The second kappa shape index (κ2) is 14.8. The minimum absolute atomic E-state index is 0.00114. The van der Waals surface area contributed by atoms with E-state index < -0.39 is 60.8 Å². The molecule has 0 saturated heterocycles. The Kier molecular flexibility index (Phi) is 12.2. The van der Waals surface area contributed by atoms with E-state index in [4.69, 9.17) is 22.3 Å². The van der Waals surface area contributed by atoms with E-state index in [0.717, 1.165) is 0 Å². The standard InChI is InChI=1S/C21H31N7O8/c22-13(9-17(31)32)18(33)28-14(2-1-7-25-21(23)24)19(34)26-10-16(30)27-15(20(35)36)8-11-3-5-12(29)6-4-11/h3-6,13-15,29H,1-2,7-10,22H2,(H,26,34)(H,27,30)(H,28,33)(H,31,32)(H,35,36)(H4,23,24,25). The Hall–Kier alpha value is -4.40. The van der Waals surface area contributed by atoms with Crippen LogP contribution in [0.2, 0.25) is 0 Å². The number of hydrogen-bond acceptors (Lipinski definition) is 8. The lowest BCUT2D eigenvalue weighted by Crippen LogP contribution is -2.54. The molecule has 1 rings (SSSR count). The average Bonchev–Trinajstić information content (AvgIpc) is 2.79. The number of nitrogens with two attached hydrogens (primary N) is 3. The quantitative estimate of drug-likeness (QED) is 0.0651. The number of aliphatic imine (C=N–C) groups is 1. The Balaban J connectivity index is 2.74. The Morgan fingerprint density at radius 1 is 0.944 bits per heavy atom. The van der Waals surface area contributed by atoms with Crippen LogP contribution in [0.15, 0.2) is 29.3 Å². The number of carbonyl (C=O) groups is 5. The largest absolute Gasteiger partial charge is 0.508 e. The molecule has 0 spiro atoms. The van der Waals surface area contributed by atoms with Crippen molar-refractivity contribution in [3.05, 3.63) is 29.8 Å². The van der Waals surface area contributed by atoms with Gasteiger partial charge in [-0.3, -0.25) is 24.2 Å². The van der Waals surface area contributed by atoms with Crippen LogP contribution < -0.4 is 33.2 Å². The molecule has 0 bridgehead atoms. The highest BCUT2D eigenvalue weighted by Gasteiger charge is 2.26. The minimum Gasteiger partial charge on any atom is -0.508 e. The Bertz CT molecular complexity index is 964. The fraction of sp³-hybridized carbons (Fsp3) is 0.429. The summed E-state index contributed by atoms with van der Waals surface area (Å²) < 4.78 is 0. The number of guanidine groups is 1. The molecule has 1 aromatic rings. The molecule has 15 nitrogen and oxygen atoms in total. The summed E-state index contributed by atoms with van der Waals surface area (Å²) in [6.45, 7) is -0.457. The third-order valence-corrected chi connectivity index (χ3v) is 4.74. The molecule has 0 aliphatic carbocycles. The zero-order valence-corrected chi connectivity index (χ0v) is 19.3.